The summed E-state index contributed by atoms with van der Waals surface area (Å²) in [7, 11) is 0. The van der Waals surface area contributed by atoms with E-state index >= 15 is 0 Å². The topological polar surface area (TPSA) is 56.9 Å². The number of amides is 1. The summed E-state index contributed by atoms with van der Waals surface area (Å²) in [5.41, 5.74) is 1.13. The summed E-state index contributed by atoms with van der Waals surface area (Å²) in [6.45, 7) is 2.85. The predicted molar refractivity (Wildman–Crippen MR) is 67.5 cm³/mol. The second kappa shape index (κ2) is 6.45. The molecule has 0 spiro atoms. The zero-order chi connectivity index (χ0) is 11.9. The van der Waals surface area contributed by atoms with E-state index in [0.717, 1.165) is 31.0 Å². The lowest BCUT2D eigenvalue weighted by atomic mass is 9.93. The van der Waals surface area contributed by atoms with Gasteiger partial charge in [0.15, 0.2) is 0 Å². The Bertz CT molecular complexity index is 328. The van der Waals surface area contributed by atoms with E-state index in [1.54, 1.807) is 0 Å². The van der Waals surface area contributed by atoms with Crippen LogP contribution in [0.25, 0.3) is 0 Å². The van der Waals surface area contributed by atoms with Crippen molar-refractivity contribution in [2.45, 2.75) is 32.2 Å². The zero-order valence-corrected chi connectivity index (χ0v) is 10.2. The van der Waals surface area contributed by atoms with Crippen molar-refractivity contribution in [1.82, 2.24) is 15.6 Å². The maximum Gasteiger partial charge on any atom is 0.220 e. The van der Waals surface area contributed by atoms with Gasteiger partial charge in [0.05, 0.1) is 0 Å². The van der Waals surface area contributed by atoms with Gasteiger partial charge in [-0.2, -0.15) is 0 Å². The maximum atomic E-state index is 11.6. The number of piperidine rings is 1. The van der Waals surface area contributed by atoms with Crippen molar-refractivity contribution in [3.05, 3.63) is 24.0 Å². The van der Waals surface area contributed by atoms with Crippen molar-refractivity contribution in [2.24, 2.45) is 5.92 Å². The van der Waals surface area contributed by atoms with Gasteiger partial charge in [0.2, 0.25) is 5.91 Å². The molecule has 1 aliphatic heterocycles. The molecule has 1 amide bonds. The van der Waals surface area contributed by atoms with Gasteiger partial charge in [-0.05, 0) is 49.9 Å². The molecule has 1 aromatic heterocycles. The number of aromatic amines is 1. The molecule has 2 rings (SSSR count). The smallest absolute Gasteiger partial charge is 0.220 e. The Morgan fingerprint density at radius 2 is 2.24 bits per heavy atom. The van der Waals surface area contributed by atoms with Crippen molar-refractivity contribution in [3.63, 3.8) is 0 Å². The van der Waals surface area contributed by atoms with E-state index in [0.29, 0.717) is 13.0 Å². The van der Waals surface area contributed by atoms with E-state index in [9.17, 15) is 4.79 Å². The number of carbonyl (C=O) groups excluding carboxylic acids is 1. The Morgan fingerprint density at radius 1 is 1.41 bits per heavy atom. The van der Waals surface area contributed by atoms with Gasteiger partial charge in [-0.15, -0.1) is 0 Å². The molecule has 4 heteroatoms. The summed E-state index contributed by atoms with van der Waals surface area (Å²) in [5.74, 6) is 0.902. The van der Waals surface area contributed by atoms with Crippen LogP contribution in [0.2, 0.25) is 0 Å². The van der Waals surface area contributed by atoms with Gasteiger partial charge in [-0.3, -0.25) is 4.79 Å². The van der Waals surface area contributed by atoms with E-state index < -0.39 is 0 Å². The number of nitrogens with one attached hydrogen (secondary N) is 3. The Balaban J connectivity index is 1.60. The third kappa shape index (κ3) is 4.23. The average Bonchev–Trinajstić information content (AvgIpc) is 2.88. The van der Waals surface area contributed by atoms with Crippen LogP contribution in [0.15, 0.2) is 18.5 Å². The third-order valence-electron chi connectivity index (χ3n) is 3.39. The fourth-order valence-corrected chi connectivity index (χ4v) is 2.26. The molecule has 0 radical (unpaired) electrons. The molecule has 0 bridgehead atoms. The Morgan fingerprint density at radius 3 is 2.94 bits per heavy atom. The van der Waals surface area contributed by atoms with Crippen molar-refractivity contribution in [2.75, 3.05) is 13.1 Å². The van der Waals surface area contributed by atoms with Crippen molar-refractivity contribution >= 4 is 5.91 Å². The summed E-state index contributed by atoms with van der Waals surface area (Å²) < 4.78 is 0. The molecule has 0 atom stereocenters. The SMILES string of the molecule is O=C(CCC1CCNCC1)NCc1cc[nH]c1. The van der Waals surface area contributed by atoms with E-state index in [2.05, 4.69) is 15.6 Å². The molecule has 4 nitrogen and oxygen atoms in total. The molecule has 3 N–H and O–H groups in total. The van der Waals surface area contributed by atoms with Crippen LogP contribution < -0.4 is 10.6 Å². The first-order valence-corrected chi connectivity index (χ1v) is 6.43. The average molecular weight is 235 g/mol. The molecule has 0 aliphatic carbocycles. The molecule has 1 fully saturated rings. The minimum Gasteiger partial charge on any atom is -0.367 e. The van der Waals surface area contributed by atoms with Gasteiger partial charge < -0.3 is 15.6 Å². The van der Waals surface area contributed by atoms with Crippen LogP contribution in [0, 0.1) is 5.92 Å². The van der Waals surface area contributed by atoms with Gasteiger partial charge >= 0.3 is 0 Å². The highest BCUT2D eigenvalue weighted by Crippen LogP contribution is 2.17. The molecule has 94 valence electrons. The molecular formula is C13H21N3O. The standard InChI is InChI=1S/C13H21N3O/c17-13(16-10-12-5-8-15-9-12)2-1-11-3-6-14-7-4-11/h5,8-9,11,14-15H,1-4,6-7,10H2,(H,16,17). The molecule has 0 aromatic carbocycles. The lowest BCUT2D eigenvalue weighted by molar-refractivity contribution is -0.121. The normalized spacial score (nSPS) is 16.9. The molecule has 1 aliphatic rings. The van der Waals surface area contributed by atoms with Gasteiger partial charge in [-0.25, -0.2) is 0 Å². The predicted octanol–water partition coefficient (Wildman–Crippen LogP) is 1.41. The second-order valence-corrected chi connectivity index (χ2v) is 4.73. The molecule has 1 saturated heterocycles. The summed E-state index contributed by atoms with van der Waals surface area (Å²) in [6.07, 6.45) is 7.90. The highest BCUT2D eigenvalue weighted by Gasteiger charge is 2.14. The lowest BCUT2D eigenvalue weighted by Crippen LogP contribution is -2.29. The van der Waals surface area contributed by atoms with E-state index in [4.69, 9.17) is 0 Å². The third-order valence-corrected chi connectivity index (χ3v) is 3.39. The zero-order valence-electron chi connectivity index (χ0n) is 10.2. The maximum absolute atomic E-state index is 11.6. The Labute approximate surface area is 102 Å². The first-order chi connectivity index (χ1) is 8.34. The van der Waals surface area contributed by atoms with Crippen molar-refractivity contribution < 1.29 is 4.79 Å². The Kier molecular flexibility index (Phi) is 4.62. The monoisotopic (exact) mass is 235 g/mol. The quantitative estimate of drug-likeness (QED) is 0.722. The lowest BCUT2D eigenvalue weighted by Gasteiger charge is -2.22. The van der Waals surface area contributed by atoms with Crippen molar-refractivity contribution in [1.29, 1.82) is 0 Å². The molecule has 0 saturated carbocycles. The van der Waals surface area contributed by atoms with Gasteiger partial charge in [0.1, 0.15) is 0 Å². The Hall–Kier alpha value is -1.29. The summed E-state index contributed by atoms with van der Waals surface area (Å²) in [5, 5.41) is 6.29. The minimum absolute atomic E-state index is 0.171. The first-order valence-electron chi connectivity index (χ1n) is 6.43. The van der Waals surface area contributed by atoms with Crippen molar-refractivity contribution in [3.8, 4) is 0 Å². The van der Waals surface area contributed by atoms with Crippen LogP contribution in [-0.4, -0.2) is 24.0 Å². The van der Waals surface area contributed by atoms with Crippen LogP contribution in [0.3, 0.4) is 0 Å². The molecular weight excluding hydrogens is 214 g/mol. The largest absolute Gasteiger partial charge is 0.367 e. The second-order valence-electron chi connectivity index (χ2n) is 4.73. The highest BCUT2D eigenvalue weighted by atomic mass is 16.1. The molecule has 2 heterocycles. The van der Waals surface area contributed by atoms with Gasteiger partial charge in [0.25, 0.3) is 0 Å². The summed E-state index contributed by atoms with van der Waals surface area (Å²) in [6, 6.07) is 1.98. The van der Waals surface area contributed by atoms with Crippen LogP contribution in [0.5, 0.6) is 0 Å². The van der Waals surface area contributed by atoms with E-state index in [-0.39, 0.29) is 5.91 Å². The van der Waals surface area contributed by atoms with Crippen LogP contribution in [0.1, 0.15) is 31.2 Å². The molecule has 0 unspecified atom stereocenters. The van der Waals surface area contributed by atoms with Crippen LogP contribution >= 0.6 is 0 Å². The number of H-pyrrole nitrogens is 1. The summed E-state index contributed by atoms with van der Waals surface area (Å²) in [4.78, 5) is 14.6. The minimum atomic E-state index is 0.171. The number of hydrogen-bond acceptors (Lipinski definition) is 2. The fraction of sp³-hybridized carbons (Fsp3) is 0.615. The number of carbonyl (C=O) groups is 1. The van der Waals surface area contributed by atoms with E-state index in [1.165, 1.54) is 12.8 Å². The highest BCUT2D eigenvalue weighted by molar-refractivity contribution is 5.75. The number of rotatable bonds is 5. The fourth-order valence-electron chi connectivity index (χ4n) is 2.26. The number of aromatic nitrogens is 1. The van der Waals surface area contributed by atoms with E-state index in [1.807, 2.05) is 18.5 Å². The first kappa shape index (κ1) is 12.2. The van der Waals surface area contributed by atoms with Gasteiger partial charge in [0, 0.05) is 25.4 Å². The summed E-state index contributed by atoms with van der Waals surface area (Å²) >= 11 is 0. The van der Waals surface area contributed by atoms with Crippen LogP contribution in [-0.2, 0) is 11.3 Å². The molecule has 17 heavy (non-hydrogen) atoms. The molecule has 1 aromatic rings. The van der Waals surface area contributed by atoms with Gasteiger partial charge in [-0.1, -0.05) is 0 Å². The number of hydrogen-bond donors (Lipinski definition) is 3. The van der Waals surface area contributed by atoms with Crippen LogP contribution in [0.4, 0.5) is 0 Å².